The van der Waals surface area contributed by atoms with Gasteiger partial charge in [-0.3, -0.25) is 4.99 Å². The number of rotatable bonds is 7. The van der Waals surface area contributed by atoms with Crippen molar-refractivity contribution in [2.75, 3.05) is 0 Å². The first-order chi connectivity index (χ1) is 28.2. The second-order valence-corrected chi connectivity index (χ2v) is 14.0. The van der Waals surface area contributed by atoms with Gasteiger partial charge in [0.2, 0.25) is 0 Å². The van der Waals surface area contributed by atoms with Crippen molar-refractivity contribution in [3.63, 3.8) is 0 Å². The van der Waals surface area contributed by atoms with Crippen LogP contribution in [0.15, 0.2) is 214 Å². The summed E-state index contributed by atoms with van der Waals surface area (Å²) in [6.45, 7) is 4.48. The van der Waals surface area contributed by atoms with Gasteiger partial charge in [0, 0.05) is 38.4 Å². The molecule has 0 aliphatic heterocycles. The summed E-state index contributed by atoms with van der Waals surface area (Å²) in [4.78, 5) is 14.6. The van der Waals surface area contributed by atoms with Crippen molar-refractivity contribution in [2.24, 2.45) is 15.0 Å². The molecule has 8 aromatic carbocycles. The van der Waals surface area contributed by atoms with E-state index in [1.807, 2.05) is 66.7 Å². The molecule has 0 bridgehead atoms. The van der Waals surface area contributed by atoms with Gasteiger partial charge in [0.15, 0.2) is 11.7 Å². The van der Waals surface area contributed by atoms with Gasteiger partial charge < -0.3 is 8.98 Å². The average molecular weight is 733 g/mol. The lowest BCUT2D eigenvalue weighted by molar-refractivity contribution is 0.669. The maximum Gasteiger partial charge on any atom is 0.161 e. The number of fused-ring (bicyclic) bond motifs is 6. The fourth-order valence-electron chi connectivity index (χ4n) is 7.98. The van der Waals surface area contributed by atoms with E-state index in [1.54, 1.807) is 0 Å². The molecule has 0 fully saturated rings. The van der Waals surface area contributed by atoms with Gasteiger partial charge in [0.25, 0.3) is 0 Å². The highest BCUT2D eigenvalue weighted by Gasteiger charge is 2.18. The number of benzene rings is 8. The number of para-hydroxylation sites is 2. The van der Waals surface area contributed by atoms with Gasteiger partial charge in [-0.05, 0) is 70.9 Å². The largest absolute Gasteiger partial charge is 0.456 e. The molecular weight excluding hydrogens is 697 g/mol. The zero-order chi connectivity index (χ0) is 38.1. The zero-order valence-corrected chi connectivity index (χ0v) is 31.1. The molecule has 2 aromatic heterocycles. The van der Waals surface area contributed by atoms with Gasteiger partial charge in [0.1, 0.15) is 11.2 Å². The molecule has 0 aliphatic rings. The molecule has 0 aliphatic carbocycles. The Labute approximate surface area is 330 Å². The third-order valence-electron chi connectivity index (χ3n) is 10.6. The Morgan fingerprint density at radius 2 is 1.18 bits per heavy atom. The molecule has 0 amide bonds. The molecule has 0 N–H and O–H groups in total. The Bertz CT molecular complexity index is 3170. The summed E-state index contributed by atoms with van der Waals surface area (Å²) >= 11 is 0. The van der Waals surface area contributed by atoms with Crippen LogP contribution in [0.3, 0.4) is 0 Å². The maximum atomic E-state index is 6.28. The van der Waals surface area contributed by atoms with Crippen LogP contribution in [0.25, 0.3) is 71.7 Å². The highest BCUT2D eigenvalue weighted by atomic mass is 16.3. The Balaban J connectivity index is 1.11. The van der Waals surface area contributed by atoms with Crippen molar-refractivity contribution in [3.8, 4) is 27.9 Å². The molecule has 0 unspecified atom stereocenters. The Morgan fingerprint density at radius 1 is 0.509 bits per heavy atom. The third kappa shape index (κ3) is 6.21. The average Bonchev–Trinajstić information content (AvgIpc) is 3.83. The molecule has 0 saturated carbocycles. The topological polar surface area (TPSA) is 55.1 Å². The van der Waals surface area contributed by atoms with Crippen LogP contribution < -0.4 is 0 Å². The van der Waals surface area contributed by atoms with E-state index in [9.17, 15) is 0 Å². The van der Waals surface area contributed by atoms with Crippen LogP contribution in [0.1, 0.15) is 16.7 Å². The Hall–Kier alpha value is -7.63. The van der Waals surface area contributed by atoms with Crippen LogP contribution in [0.4, 0.5) is 0 Å². The van der Waals surface area contributed by atoms with Gasteiger partial charge in [-0.15, -0.1) is 0 Å². The molecule has 0 atom stereocenters. The molecule has 10 rings (SSSR count). The number of aromatic nitrogens is 1. The van der Waals surface area contributed by atoms with Gasteiger partial charge in [-0.1, -0.05) is 158 Å². The van der Waals surface area contributed by atoms with Crippen molar-refractivity contribution in [1.29, 1.82) is 0 Å². The highest BCUT2D eigenvalue weighted by Crippen LogP contribution is 2.40. The second kappa shape index (κ2) is 14.5. The molecule has 57 heavy (non-hydrogen) atoms. The van der Waals surface area contributed by atoms with Crippen LogP contribution in [-0.2, 0) is 6.54 Å². The molecule has 5 heteroatoms. The van der Waals surface area contributed by atoms with Gasteiger partial charge in [0.05, 0.1) is 17.6 Å². The number of nitrogens with zero attached hydrogens (tertiary/aromatic N) is 4. The smallest absolute Gasteiger partial charge is 0.161 e. The second-order valence-electron chi connectivity index (χ2n) is 14.0. The van der Waals surface area contributed by atoms with Gasteiger partial charge >= 0.3 is 0 Å². The van der Waals surface area contributed by atoms with Crippen molar-refractivity contribution in [3.05, 3.63) is 211 Å². The van der Waals surface area contributed by atoms with Crippen LogP contribution in [0.5, 0.6) is 0 Å². The number of hydrogen-bond donors (Lipinski definition) is 0. The molecule has 10 aromatic rings. The molecule has 2 heterocycles. The van der Waals surface area contributed by atoms with Crippen LogP contribution >= 0.6 is 0 Å². The number of aliphatic imine (C=N–C) groups is 3. The van der Waals surface area contributed by atoms with E-state index >= 15 is 0 Å². The minimum atomic E-state index is 0.497. The molecule has 0 saturated heterocycles. The fourth-order valence-corrected chi connectivity index (χ4v) is 7.98. The Morgan fingerprint density at radius 3 is 2.04 bits per heavy atom. The monoisotopic (exact) mass is 732 g/mol. The number of amidine groups is 2. The summed E-state index contributed by atoms with van der Waals surface area (Å²) in [5, 5.41) is 4.64. The first-order valence-corrected chi connectivity index (χ1v) is 19.1. The molecule has 0 spiro atoms. The quantitative estimate of drug-likeness (QED) is 0.119. The van der Waals surface area contributed by atoms with Crippen molar-refractivity contribution in [2.45, 2.75) is 6.54 Å². The maximum absolute atomic E-state index is 6.28. The zero-order valence-electron chi connectivity index (χ0n) is 31.1. The van der Waals surface area contributed by atoms with E-state index in [0.717, 1.165) is 77.6 Å². The summed E-state index contributed by atoms with van der Waals surface area (Å²) in [6.07, 6.45) is 0. The lowest BCUT2D eigenvalue weighted by Crippen LogP contribution is -2.07. The SMILES string of the molecule is C=N/C(=N\C(=N/Cc1ccccc1)c1ccccc1)c1ccccc1-c1cccc(-n2c3ccccc3c3ccc(-c4cccc5oc6ccccc6c45)cc32)c1. The predicted octanol–water partition coefficient (Wildman–Crippen LogP) is 13.1. The standard InChI is InChI=1S/C52H36N4O/c1-53-52(55-51(36-18-6-3-7-19-36)54-34-35-16-4-2-5-17-35)44-24-9-8-22-40(44)37-20-14-21-39(32-37)56-46-27-12-10-23-42(46)43-31-30-38(33-47(43)56)41-26-15-29-49-50(41)45-25-11-13-28-48(45)57-49/h2-33H,1,34H2/b54-51-,55-52-. The molecule has 5 nitrogen and oxygen atoms in total. The van der Waals surface area contributed by atoms with Crippen molar-refractivity contribution >= 4 is 62.1 Å². The number of furan rings is 1. The Kier molecular flexibility index (Phi) is 8.65. The summed E-state index contributed by atoms with van der Waals surface area (Å²) in [5.74, 6) is 1.11. The van der Waals surface area contributed by atoms with Crippen molar-refractivity contribution < 1.29 is 4.42 Å². The summed E-state index contributed by atoms with van der Waals surface area (Å²) in [7, 11) is 0. The van der Waals surface area contributed by atoms with E-state index in [1.165, 1.54) is 10.8 Å². The molecule has 270 valence electrons. The third-order valence-corrected chi connectivity index (χ3v) is 10.6. The van der Waals surface area contributed by atoms with E-state index in [4.69, 9.17) is 14.4 Å². The van der Waals surface area contributed by atoms with Crippen molar-refractivity contribution in [1.82, 2.24) is 4.57 Å². The first-order valence-electron chi connectivity index (χ1n) is 19.1. The minimum Gasteiger partial charge on any atom is -0.456 e. The fraction of sp³-hybridized carbons (Fsp3) is 0.0192. The highest BCUT2D eigenvalue weighted by molar-refractivity contribution is 6.16. The predicted molar refractivity (Wildman–Crippen MR) is 238 cm³/mol. The lowest BCUT2D eigenvalue weighted by atomic mass is 9.98. The van der Waals surface area contributed by atoms with E-state index in [2.05, 4.69) is 144 Å². The van der Waals surface area contributed by atoms with Crippen LogP contribution in [-0.4, -0.2) is 23.0 Å². The van der Waals surface area contributed by atoms with E-state index in [0.29, 0.717) is 18.2 Å². The van der Waals surface area contributed by atoms with E-state index < -0.39 is 0 Å². The normalized spacial score (nSPS) is 12.2. The lowest BCUT2D eigenvalue weighted by Gasteiger charge is -2.14. The number of hydrogen-bond acceptors (Lipinski definition) is 2. The summed E-state index contributed by atoms with van der Waals surface area (Å²) in [6, 6.07) is 67.3. The summed E-state index contributed by atoms with van der Waals surface area (Å²) in [5.41, 5.74) is 12.3. The van der Waals surface area contributed by atoms with Gasteiger partial charge in [-0.2, -0.15) is 0 Å². The molecule has 0 radical (unpaired) electrons. The summed E-state index contributed by atoms with van der Waals surface area (Å²) < 4.78 is 8.65. The van der Waals surface area contributed by atoms with Gasteiger partial charge in [-0.25, -0.2) is 9.98 Å². The van der Waals surface area contributed by atoms with E-state index in [-0.39, 0.29) is 0 Å². The first kappa shape index (κ1) is 33.9. The van der Waals surface area contributed by atoms with Crippen LogP contribution in [0.2, 0.25) is 0 Å². The van der Waals surface area contributed by atoms with Crippen LogP contribution in [0, 0.1) is 0 Å². The minimum absolute atomic E-state index is 0.497. The molecular formula is C52H36N4O.